The van der Waals surface area contributed by atoms with Crippen molar-refractivity contribution in [3.05, 3.63) is 47.3 Å². The number of carbonyl (C=O) groups is 2. The number of methoxy groups -OCH3 is 1. The molecule has 6 nitrogen and oxygen atoms in total. The first-order chi connectivity index (χ1) is 14.7. The Balaban J connectivity index is 1.84. The predicted octanol–water partition coefficient (Wildman–Crippen LogP) is 3.87. The summed E-state index contributed by atoms with van der Waals surface area (Å²) in [4.78, 5) is 29.0. The Morgan fingerprint density at radius 1 is 1.23 bits per heavy atom. The Kier molecular flexibility index (Phi) is 5.58. The lowest BCUT2D eigenvalue weighted by molar-refractivity contribution is -0.136. The highest BCUT2D eigenvalue weighted by atomic mass is 16.5. The first-order valence-corrected chi connectivity index (χ1v) is 11.1. The molecule has 0 aromatic heterocycles. The van der Waals surface area contributed by atoms with Crippen molar-refractivity contribution in [1.29, 1.82) is 0 Å². The Hall–Kier alpha value is -2.76. The van der Waals surface area contributed by atoms with Crippen molar-refractivity contribution in [3.8, 4) is 11.5 Å². The highest BCUT2D eigenvalue weighted by molar-refractivity contribution is 6.01. The minimum absolute atomic E-state index is 0.0124. The molecular formula is C25H32N2O4. The molecule has 166 valence electrons. The van der Waals surface area contributed by atoms with Crippen LogP contribution in [0.1, 0.15) is 57.4 Å². The summed E-state index contributed by atoms with van der Waals surface area (Å²) in [6.07, 6.45) is 4.29. The summed E-state index contributed by atoms with van der Waals surface area (Å²) in [5.41, 5.74) is 2.82. The lowest BCUT2D eigenvalue weighted by atomic mass is 9.66. The molecule has 2 aliphatic heterocycles. The standard InChI is InChI=1S/C25H32N2O4/c1-15-21(24(30)27-10-6-5-7-11-27)22(16-8-9-18(28)20(12-16)31-4)23-17(26-15)13-25(2,3)14-19(23)29/h8-9,12,21-22,26,28H,1,5-7,10-11,13-14H2,2-4H3. The molecule has 1 aliphatic carbocycles. The van der Waals surface area contributed by atoms with E-state index >= 15 is 0 Å². The van der Waals surface area contributed by atoms with Gasteiger partial charge in [0.1, 0.15) is 0 Å². The monoisotopic (exact) mass is 424 g/mol. The molecule has 1 saturated heterocycles. The summed E-state index contributed by atoms with van der Waals surface area (Å²) in [5, 5.41) is 13.5. The molecule has 1 fully saturated rings. The molecule has 1 aromatic carbocycles. The number of ether oxygens (including phenoxy) is 1. The van der Waals surface area contributed by atoms with Crippen LogP contribution in [0.3, 0.4) is 0 Å². The Bertz CT molecular complexity index is 956. The van der Waals surface area contributed by atoms with Gasteiger partial charge in [-0.25, -0.2) is 0 Å². The quantitative estimate of drug-likeness (QED) is 0.770. The van der Waals surface area contributed by atoms with E-state index in [0.717, 1.165) is 50.0 Å². The number of carbonyl (C=O) groups excluding carboxylic acids is 2. The van der Waals surface area contributed by atoms with Crippen molar-refractivity contribution in [2.45, 2.75) is 51.9 Å². The lowest BCUT2D eigenvalue weighted by Gasteiger charge is -2.44. The van der Waals surface area contributed by atoms with Crippen LogP contribution in [0.5, 0.6) is 11.5 Å². The molecule has 0 saturated carbocycles. The molecular weight excluding hydrogens is 392 g/mol. The van der Waals surface area contributed by atoms with Crippen molar-refractivity contribution < 1.29 is 19.4 Å². The third-order valence-electron chi connectivity index (χ3n) is 6.75. The number of allylic oxidation sites excluding steroid dienone is 2. The van der Waals surface area contributed by atoms with Crippen molar-refractivity contribution in [1.82, 2.24) is 10.2 Å². The summed E-state index contributed by atoms with van der Waals surface area (Å²) in [6.45, 7) is 9.87. The van der Waals surface area contributed by atoms with Gasteiger partial charge in [0.25, 0.3) is 0 Å². The maximum Gasteiger partial charge on any atom is 0.232 e. The number of phenolic OH excluding ortho intramolecular Hbond substituents is 1. The van der Waals surface area contributed by atoms with Gasteiger partial charge in [-0.3, -0.25) is 9.59 Å². The molecule has 0 radical (unpaired) electrons. The number of hydrogen-bond acceptors (Lipinski definition) is 5. The smallest absolute Gasteiger partial charge is 0.232 e. The van der Waals surface area contributed by atoms with Gasteiger partial charge in [0.2, 0.25) is 5.91 Å². The van der Waals surface area contributed by atoms with Gasteiger partial charge in [0, 0.05) is 42.4 Å². The number of nitrogens with zero attached hydrogens (tertiary/aromatic N) is 1. The van der Waals surface area contributed by atoms with E-state index in [1.165, 1.54) is 7.11 Å². The van der Waals surface area contributed by atoms with Gasteiger partial charge < -0.3 is 20.1 Å². The van der Waals surface area contributed by atoms with Crippen LogP contribution < -0.4 is 10.1 Å². The van der Waals surface area contributed by atoms with E-state index in [9.17, 15) is 14.7 Å². The molecule has 1 aromatic rings. The zero-order chi connectivity index (χ0) is 22.3. The Labute approximate surface area is 184 Å². The number of likely N-dealkylation sites (tertiary alicyclic amines) is 1. The van der Waals surface area contributed by atoms with Gasteiger partial charge in [0.15, 0.2) is 17.3 Å². The van der Waals surface area contributed by atoms with Gasteiger partial charge in [-0.1, -0.05) is 26.5 Å². The number of rotatable bonds is 3. The Morgan fingerprint density at radius 3 is 2.61 bits per heavy atom. The highest BCUT2D eigenvalue weighted by Crippen LogP contribution is 2.49. The van der Waals surface area contributed by atoms with Gasteiger partial charge >= 0.3 is 0 Å². The van der Waals surface area contributed by atoms with Crippen LogP contribution >= 0.6 is 0 Å². The largest absolute Gasteiger partial charge is 0.504 e. The molecule has 2 heterocycles. The molecule has 2 N–H and O–H groups in total. The molecule has 2 atom stereocenters. The number of hydrogen-bond donors (Lipinski definition) is 2. The van der Waals surface area contributed by atoms with E-state index in [-0.39, 0.29) is 22.9 Å². The second-order valence-corrected chi connectivity index (χ2v) is 9.76. The minimum Gasteiger partial charge on any atom is -0.504 e. The van der Waals surface area contributed by atoms with Crippen LogP contribution in [0.2, 0.25) is 0 Å². The topological polar surface area (TPSA) is 78.9 Å². The van der Waals surface area contributed by atoms with E-state index in [2.05, 4.69) is 25.7 Å². The summed E-state index contributed by atoms with van der Waals surface area (Å²) < 4.78 is 5.33. The number of phenols is 1. The third kappa shape index (κ3) is 3.95. The SMILES string of the molecule is C=C1NC2=C(C(=O)CC(C)(C)C2)C(c2ccc(O)c(OC)c2)C1C(=O)N1CCCCC1. The molecule has 3 aliphatic rings. The fourth-order valence-corrected chi connectivity index (χ4v) is 5.30. The van der Waals surface area contributed by atoms with Crippen LogP contribution in [-0.2, 0) is 9.59 Å². The molecule has 1 amide bonds. The van der Waals surface area contributed by atoms with Gasteiger partial charge in [-0.2, -0.15) is 0 Å². The van der Waals surface area contributed by atoms with Crippen molar-refractivity contribution in [3.63, 3.8) is 0 Å². The zero-order valence-corrected chi connectivity index (χ0v) is 18.7. The molecule has 4 rings (SSSR count). The number of Topliss-reactive ketones (excluding diaryl/α,β-unsaturated/α-hetero) is 1. The van der Waals surface area contributed by atoms with E-state index in [0.29, 0.717) is 23.4 Å². The molecule has 31 heavy (non-hydrogen) atoms. The second kappa shape index (κ2) is 8.06. The summed E-state index contributed by atoms with van der Waals surface area (Å²) in [6, 6.07) is 5.10. The fourth-order valence-electron chi connectivity index (χ4n) is 5.30. The van der Waals surface area contributed by atoms with Crippen LogP contribution in [0.4, 0.5) is 0 Å². The van der Waals surface area contributed by atoms with Crippen molar-refractivity contribution in [2.75, 3.05) is 20.2 Å². The van der Waals surface area contributed by atoms with Crippen LogP contribution in [0, 0.1) is 11.3 Å². The van der Waals surface area contributed by atoms with Crippen LogP contribution in [0.25, 0.3) is 0 Å². The van der Waals surface area contributed by atoms with E-state index < -0.39 is 11.8 Å². The van der Waals surface area contributed by atoms with Crippen molar-refractivity contribution in [2.24, 2.45) is 11.3 Å². The zero-order valence-electron chi connectivity index (χ0n) is 18.7. The summed E-state index contributed by atoms with van der Waals surface area (Å²) in [7, 11) is 1.50. The highest BCUT2D eigenvalue weighted by Gasteiger charge is 2.47. The lowest BCUT2D eigenvalue weighted by Crippen LogP contribution is -2.48. The second-order valence-electron chi connectivity index (χ2n) is 9.76. The maximum absolute atomic E-state index is 13.7. The third-order valence-corrected chi connectivity index (χ3v) is 6.75. The number of piperidine rings is 1. The first-order valence-electron chi connectivity index (χ1n) is 11.1. The molecule has 2 unspecified atom stereocenters. The van der Waals surface area contributed by atoms with Crippen molar-refractivity contribution >= 4 is 11.7 Å². The number of nitrogens with one attached hydrogen (secondary N) is 1. The first kappa shape index (κ1) is 21.5. The fraction of sp³-hybridized carbons (Fsp3) is 0.520. The number of benzene rings is 1. The predicted molar refractivity (Wildman–Crippen MR) is 119 cm³/mol. The Morgan fingerprint density at radius 2 is 1.94 bits per heavy atom. The summed E-state index contributed by atoms with van der Waals surface area (Å²) >= 11 is 0. The summed E-state index contributed by atoms with van der Waals surface area (Å²) in [5.74, 6) is -0.578. The molecule has 6 heteroatoms. The normalized spacial score (nSPS) is 25.7. The van der Waals surface area contributed by atoms with Crippen LogP contribution in [-0.4, -0.2) is 41.9 Å². The number of ketones is 1. The maximum atomic E-state index is 13.7. The number of aromatic hydroxyl groups is 1. The van der Waals surface area contributed by atoms with E-state index in [4.69, 9.17) is 4.74 Å². The van der Waals surface area contributed by atoms with Crippen LogP contribution in [0.15, 0.2) is 41.7 Å². The van der Waals surface area contributed by atoms with Gasteiger partial charge in [-0.15, -0.1) is 0 Å². The molecule has 0 bridgehead atoms. The van der Waals surface area contributed by atoms with E-state index in [1.807, 2.05) is 4.90 Å². The van der Waals surface area contributed by atoms with Gasteiger partial charge in [0.05, 0.1) is 13.0 Å². The van der Waals surface area contributed by atoms with E-state index in [1.54, 1.807) is 18.2 Å². The number of amides is 1. The average Bonchev–Trinajstić information content (AvgIpc) is 2.72. The minimum atomic E-state index is -0.573. The molecule has 0 spiro atoms. The average molecular weight is 425 g/mol. The van der Waals surface area contributed by atoms with Gasteiger partial charge in [-0.05, 0) is 48.8 Å².